The van der Waals surface area contributed by atoms with Crippen molar-refractivity contribution in [3.63, 3.8) is 0 Å². The summed E-state index contributed by atoms with van der Waals surface area (Å²) < 4.78 is 6.78. The molecule has 152 valence electrons. The molecule has 30 heavy (non-hydrogen) atoms. The third-order valence-electron chi connectivity index (χ3n) is 5.33. The number of carbonyl (C=O) groups is 1. The van der Waals surface area contributed by atoms with E-state index in [2.05, 4.69) is 22.0 Å². The monoisotopic (exact) mass is 418 g/mol. The second kappa shape index (κ2) is 8.38. The molecule has 1 saturated heterocycles. The van der Waals surface area contributed by atoms with E-state index in [0.29, 0.717) is 11.6 Å². The SMILES string of the molecule is O=C(Cc1coc(-c2ccccc2)n1)N1CCN(Cc2nc3ccccc3s2)CC1. The van der Waals surface area contributed by atoms with Gasteiger partial charge in [-0.25, -0.2) is 9.97 Å². The van der Waals surface area contributed by atoms with E-state index in [4.69, 9.17) is 9.40 Å². The number of oxazole rings is 1. The summed E-state index contributed by atoms with van der Waals surface area (Å²) in [6.45, 7) is 4.01. The number of para-hydroxylation sites is 1. The Hall–Kier alpha value is -3.03. The minimum absolute atomic E-state index is 0.0996. The predicted octanol–water partition coefficient (Wildman–Crippen LogP) is 3.84. The smallest absolute Gasteiger partial charge is 0.228 e. The molecule has 0 radical (unpaired) electrons. The number of fused-ring (bicyclic) bond motifs is 1. The van der Waals surface area contributed by atoms with Crippen LogP contribution in [0.1, 0.15) is 10.7 Å². The molecule has 0 N–H and O–H groups in total. The zero-order valence-corrected chi connectivity index (χ0v) is 17.3. The molecule has 0 spiro atoms. The average molecular weight is 419 g/mol. The van der Waals surface area contributed by atoms with Crippen LogP contribution < -0.4 is 0 Å². The highest BCUT2D eigenvalue weighted by atomic mass is 32.1. The van der Waals surface area contributed by atoms with Crippen LogP contribution >= 0.6 is 11.3 Å². The molecule has 2 aromatic heterocycles. The van der Waals surface area contributed by atoms with Crippen LogP contribution in [-0.4, -0.2) is 51.9 Å². The fraction of sp³-hybridized carbons (Fsp3) is 0.261. The molecule has 7 heteroatoms. The van der Waals surface area contributed by atoms with Gasteiger partial charge in [-0.05, 0) is 24.3 Å². The molecular formula is C23H22N4O2S. The number of carbonyl (C=O) groups excluding carboxylic acids is 1. The quantitative estimate of drug-likeness (QED) is 0.493. The summed E-state index contributed by atoms with van der Waals surface area (Å²) in [5.41, 5.74) is 2.66. The van der Waals surface area contributed by atoms with Gasteiger partial charge in [0.2, 0.25) is 11.8 Å². The first-order valence-corrected chi connectivity index (χ1v) is 10.9. The standard InChI is InChI=1S/C23H22N4O2S/c28-22(14-18-16-29-23(24-18)17-6-2-1-3-7-17)27-12-10-26(11-13-27)15-21-25-19-8-4-5-9-20(19)30-21/h1-9,16H,10-15H2. The van der Waals surface area contributed by atoms with Crippen molar-refractivity contribution >= 4 is 27.5 Å². The highest BCUT2D eigenvalue weighted by Crippen LogP contribution is 2.23. The summed E-state index contributed by atoms with van der Waals surface area (Å²) >= 11 is 1.75. The van der Waals surface area contributed by atoms with Gasteiger partial charge >= 0.3 is 0 Å². The van der Waals surface area contributed by atoms with Crippen molar-refractivity contribution in [3.05, 3.63) is 71.6 Å². The normalized spacial score (nSPS) is 15.0. The first kappa shape index (κ1) is 19.0. The summed E-state index contributed by atoms with van der Waals surface area (Å²) in [4.78, 5) is 26.2. The second-order valence-electron chi connectivity index (χ2n) is 7.42. The highest BCUT2D eigenvalue weighted by molar-refractivity contribution is 7.18. The third kappa shape index (κ3) is 4.13. The first-order chi connectivity index (χ1) is 14.7. The highest BCUT2D eigenvalue weighted by Gasteiger charge is 2.23. The lowest BCUT2D eigenvalue weighted by molar-refractivity contribution is -0.132. The van der Waals surface area contributed by atoms with Crippen LogP contribution in [0.25, 0.3) is 21.7 Å². The lowest BCUT2D eigenvalue weighted by atomic mass is 10.2. The van der Waals surface area contributed by atoms with Crippen molar-refractivity contribution in [2.24, 2.45) is 0 Å². The molecule has 0 bridgehead atoms. The molecule has 3 heterocycles. The molecule has 4 aromatic rings. The fourth-order valence-corrected chi connectivity index (χ4v) is 4.71. The summed E-state index contributed by atoms with van der Waals surface area (Å²) in [5, 5.41) is 1.13. The zero-order chi connectivity index (χ0) is 20.3. The van der Waals surface area contributed by atoms with E-state index in [9.17, 15) is 4.79 Å². The van der Waals surface area contributed by atoms with Gasteiger partial charge in [0.05, 0.1) is 28.9 Å². The minimum Gasteiger partial charge on any atom is -0.444 e. The van der Waals surface area contributed by atoms with Crippen LogP contribution in [0.3, 0.4) is 0 Å². The van der Waals surface area contributed by atoms with Crippen molar-refractivity contribution in [1.82, 2.24) is 19.8 Å². The lowest BCUT2D eigenvalue weighted by Gasteiger charge is -2.34. The van der Waals surface area contributed by atoms with Crippen molar-refractivity contribution in [2.45, 2.75) is 13.0 Å². The Labute approximate surface area is 178 Å². The maximum Gasteiger partial charge on any atom is 0.228 e. The number of amides is 1. The van der Waals surface area contributed by atoms with Crippen molar-refractivity contribution in [2.75, 3.05) is 26.2 Å². The molecule has 1 aliphatic rings. The summed E-state index contributed by atoms with van der Waals surface area (Å²) in [5.74, 6) is 0.654. The second-order valence-corrected chi connectivity index (χ2v) is 8.53. The Bertz CT molecular complexity index is 1110. The maximum atomic E-state index is 12.7. The van der Waals surface area contributed by atoms with Crippen LogP contribution in [0, 0.1) is 0 Å². The number of thiazole rings is 1. The predicted molar refractivity (Wildman–Crippen MR) is 117 cm³/mol. The van der Waals surface area contributed by atoms with E-state index in [1.54, 1.807) is 17.6 Å². The number of nitrogens with zero attached hydrogens (tertiary/aromatic N) is 4. The van der Waals surface area contributed by atoms with Gasteiger partial charge in [0, 0.05) is 31.7 Å². The molecule has 0 saturated carbocycles. The lowest BCUT2D eigenvalue weighted by Crippen LogP contribution is -2.48. The third-order valence-corrected chi connectivity index (χ3v) is 6.35. The van der Waals surface area contributed by atoms with Crippen LogP contribution in [0.2, 0.25) is 0 Å². The van der Waals surface area contributed by atoms with E-state index in [1.165, 1.54) is 4.70 Å². The number of hydrogen-bond donors (Lipinski definition) is 0. The minimum atomic E-state index is 0.0996. The van der Waals surface area contributed by atoms with Crippen molar-refractivity contribution in [3.8, 4) is 11.5 Å². The molecule has 2 aromatic carbocycles. The van der Waals surface area contributed by atoms with Gasteiger partial charge in [-0.15, -0.1) is 11.3 Å². The van der Waals surface area contributed by atoms with E-state index >= 15 is 0 Å². The Balaban J connectivity index is 1.15. The van der Waals surface area contributed by atoms with E-state index in [-0.39, 0.29) is 12.3 Å². The van der Waals surface area contributed by atoms with E-state index < -0.39 is 0 Å². The number of hydrogen-bond acceptors (Lipinski definition) is 6. The number of rotatable bonds is 5. The molecule has 1 aliphatic heterocycles. The molecule has 1 amide bonds. The average Bonchev–Trinajstić information content (AvgIpc) is 3.41. The topological polar surface area (TPSA) is 62.5 Å². The van der Waals surface area contributed by atoms with Gasteiger partial charge in [-0.1, -0.05) is 30.3 Å². The molecule has 6 nitrogen and oxygen atoms in total. The molecule has 0 atom stereocenters. The fourth-order valence-electron chi connectivity index (χ4n) is 3.70. The van der Waals surface area contributed by atoms with Gasteiger partial charge in [0.1, 0.15) is 11.3 Å². The van der Waals surface area contributed by atoms with Gasteiger partial charge < -0.3 is 9.32 Å². The van der Waals surface area contributed by atoms with Crippen LogP contribution in [-0.2, 0) is 17.8 Å². The largest absolute Gasteiger partial charge is 0.444 e. The van der Waals surface area contributed by atoms with Gasteiger partial charge in [0.15, 0.2) is 0 Å². The van der Waals surface area contributed by atoms with Crippen LogP contribution in [0.5, 0.6) is 0 Å². The number of piperazine rings is 1. The summed E-state index contributed by atoms with van der Waals surface area (Å²) in [6, 6.07) is 18.0. The van der Waals surface area contributed by atoms with Crippen molar-refractivity contribution < 1.29 is 9.21 Å². The number of aromatic nitrogens is 2. The van der Waals surface area contributed by atoms with Gasteiger partial charge in [-0.2, -0.15) is 0 Å². The van der Waals surface area contributed by atoms with Crippen LogP contribution in [0.15, 0.2) is 65.3 Å². The first-order valence-electron chi connectivity index (χ1n) is 10.1. The van der Waals surface area contributed by atoms with Crippen molar-refractivity contribution in [1.29, 1.82) is 0 Å². The Morgan fingerprint density at radius 3 is 2.53 bits per heavy atom. The van der Waals surface area contributed by atoms with E-state index in [1.807, 2.05) is 47.4 Å². The van der Waals surface area contributed by atoms with Crippen LogP contribution in [0.4, 0.5) is 0 Å². The number of benzene rings is 2. The Kier molecular flexibility index (Phi) is 5.29. The molecule has 5 rings (SSSR count). The maximum absolute atomic E-state index is 12.7. The Morgan fingerprint density at radius 1 is 0.967 bits per heavy atom. The summed E-state index contributed by atoms with van der Waals surface area (Å²) in [6.07, 6.45) is 1.86. The molecule has 0 aliphatic carbocycles. The Morgan fingerprint density at radius 2 is 1.73 bits per heavy atom. The molecule has 1 fully saturated rings. The van der Waals surface area contributed by atoms with Gasteiger partial charge in [-0.3, -0.25) is 9.69 Å². The summed E-state index contributed by atoms with van der Waals surface area (Å²) in [7, 11) is 0. The van der Waals surface area contributed by atoms with Gasteiger partial charge in [0.25, 0.3) is 0 Å². The molecule has 0 unspecified atom stereocenters. The zero-order valence-electron chi connectivity index (χ0n) is 16.5. The molecular weight excluding hydrogens is 396 g/mol. The van der Waals surface area contributed by atoms with E-state index in [0.717, 1.165) is 48.8 Å².